The van der Waals surface area contributed by atoms with Crippen molar-refractivity contribution in [2.24, 2.45) is 17.3 Å². The lowest BCUT2D eigenvalue weighted by Gasteiger charge is -2.40. The van der Waals surface area contributed by atoms with Crippen LogP contribution in [-0.2, 0) is 14.3 Å². The maximum absolute atomic E-state index is 14.0. The van der Waals surface area contributed by atoms with E-state index in [1.165, 1.54) is 18.4 Å². The van der Waals surface area contributed by atoms with E-state index in [0.29, 0.717) is 40.9 Å². The highest BCUT2D eigenvalue weighted by Crippen LogP contribution is 2.38. The monoisotopic (exact) mass is 486 g/mol. The Morgan fingerprint density at radius 1 is 1.21 bits per heavy atom. The minimum absolute atomic E-state index is 0.0457. The maximum atomic E-state index is 14.0. The van der Waals surface area contributed by atoms with Gasteiger partial charge in [-0.3, -0.25) is 14.5 Å². The summed E-state index contributed by atoms with van der Waals surface area (Å²) in [6.45, 7) is 11.6. The van der Waals surface area contributed by atoms with E-state index in [0.717, 1.165) is 32.1 Å². The van der Waals surface area contributed by atoms with Crippen molar-refractivity contribution in [1.82, 2.24) is 4.90 Å². The van der Waals surface area contributed by atoms with Crippen LogP contribution in [0.5, 0.6) is 0 Å². The van der Waals surface area contributed by atoms with E-state index in [9.17, 15) is 14.4 Å². The molecule has 1 aliphatic carbocycles. The second-order valence-corrected chi connectivity index (χ2v) is 11.6. The average molecular weight is 487 g/mol. The molecule has 0 aromatic carbocycles. The number of hydrogen-bond donors (Lipinski definition) is 0. The molecule has 0 unspecified atom stereocenters. The molecule has 2 fully saturated rings. The summed E-state index contributed by atoms with van der Waals surface area (Å²) in [6, 6.07) is 1.19. The minimum Gasteiger partial charge on any atom is -0.465 e. The number of rotatable bonds is 5. The molecule has 1 aliphatic heterocycles. The molecule has 34 heavy (non-hydrogen) atoms. The van der Waals surface area contributed by atoms with Gasteiger partial charge < -0.3 is 9.64 Å². The summed E-state index contributed by atoms with van der Waals surface area (Å²) >= 11 is 1.23. The summed E-state index contributed by atoms with van der Waals surface area (Å²) in [5.41, 5.74) is 0.264. The van der Waals surface area contributed by atoms with Gasteiger partial charge in [-0.05, 0) is 78.2 Å². The predicted octanol–water partition coefficient (Wildman–Crippen LogP) is 5.10. The molecular weight excluding hydrogens is 448 g/mol. The van der Waals surface area contributed by atoms with Gasteiger partial charge in [-0.15, -0.1) is 11.3 Å². The van der Waals surface area contributed by atoms with Gasteiger partial charge in [-0.1, -0.05) is 18.8 Å². The van der Waals surface area contributed by atoms with Crippen LogP contribution in [0.15, 0.2) is 6.07 Å². The largest absolute Gasteiger partial charge is 0.465 e. The number of anilines is 1. The van der Waals surface area contributed by atoms with Crippen LogP contribution in [0.3, 0.4) is 0 Å². The summed E-state index contributed by atoms with van der Waals surface area (Å²) in [4.78, 5) is 44.7. The highest BCUT2D eigenvalue weighted by molar-refractivity contribution is 7.15. The van der Waals surface area contributed by atoms with Crippen LogP contribution in [0, 0.1) is 29.1 Å². The third-order valence-corrected chi connectivity index (χ3v) is 7.72. The van der Waals surface area contributed by atoms with Crippen molar-refractivity contribution >= 4 is 34.8 Å². The maximum Gasteiger partial charge on any atom is 0.350 e. The second-order valence-electron chi connectivity index (χ2n) is 10.6. The standard InChI is InChI=1S/C27H38N2O4S/c1-7-28-16-8-9-21(25(28)31)29(24(30)19-12-10-18(2)11-13-19)22-17-20(14-15-27(3,4)5)34-23(22)26(32)33-6/h17-19,21H,7-13,16H2,1-6H3/t18-,19-,21-/m0/s1. The molecule has 1 saturated heterocycles. The molecule has 0 N–H and O–H groups in total. The lowest BCUT2D eigenvalue weighted by atomic mass is 9.82. The number of methoxy groups -OCH3 is 1. The van der Waals surface area contributed by atoms with Crippen molar-refractivity contribution in [2.75, 3.05) is 25.1 Å². The number of esters is 1. The lowest BCUT2D eigenvalue weighted by Crippen LogP contribution is -2.56. The molecule has 0 bridgehead atoms. The third-order valence-electron chi connectivity index (χ3n) is 6.70. The van der Waals surface area contributed by atoms with Crippen LogP contribution in [0.25, 0.3) is 0 Å². The summed E-state index contributed by atoms with van der Waals surface area (Å²) in [5, 5.41) is 0. The van der Waals surface area contributed by atoms with E-state index in [1.54, 1.807) is 11.0 Å². The third kappa shape index (κ3) is 6.02. The van der Waals surface area contributed by atoms with Gasteiger partial charge in [0.2, 0.25) is 11.8 Å². The first-order valence-corrected chi connectivity index (χ1v) is 13.2. The molecule has 3 rings (SSSR count). The molecule has 2 heterocycles. The zero-order valence-electron chi connectivity index (χ0n) is 21.4. The number of likely N-dealkylation sites (N-methyl/N-ethyl adjacent to an activating group) is 1. The molecule has 2 aliphatic rings. The Bertz CT molecular complexity index is 973. The molecule has 2 amide bonds. The zero-order valence-corrected chi connectivity index (χ0v) is 22.2. The van der Waals surface area contributed by atoms with Crippen LogP contribution in [-0.4, -0.2) is 48.9 Å². The first kappa shape index (κ1) is 26.3. The van der Waals surface area contributed by atoms with Gasteiger partial charge in [0.1, 0.15) is 10.9 Å². The van der Waals surface area contributed by atoms with E-state index >= 15 is 0 Å². The Balaban J connectivity index is 2.10. The number of carbonyl (C=O) groups is 3. The number of carbonyl (C=O) groups excluding carboxylic acids is 3. The van der Waals surface area contributed by atoms with Crippen molar-refractivity contribution in [2.45, 2.75) is 79.2 Å². The van der Waals surface area contributed by atoms with Crippen molar-refractivity contribution in [3.8, 4) is 11.8 Å². The number of nitrogens with zero attached hydrogens (tertiary/aromatic N) is 2. The number of thiophene rings is 1. The van der Waals surface area contributed by atoms with Crippen LogP contribution in [0.1, 0.15) is 87.7 Å². The smallest absolute Gasteiger partial charge is 0.350 e. The first-order valence-electron chi connectivity index (χ1n) is 12.4. The fourth-order valence-corrected chi connectivity index (χ4v) is 5.65. The van der Waals surface area contributed by atoms with E-state index < -0.39 is 12.0 Å². The van der Waals surface area contributed by atoms with E-state index in [4.69, 9.17) is 4.74 Å². The SMILES string of the molecule is CCN1CCC[C@H](N(c2cc(C#CC(C)(C)C)sc2C(=O)OC)C(=O)[C@H]2CC[C@H](C)CC2)C1=O. The van der Waals surface area contributed by atoms with Gasteiger partial charge in [0.25, 0.3) is 0 Å². The van der Waals surface area contributed by atoms with Crippen molar-refractivity contribution in [3.05, 3.63) is 15.8 Å². The Labute approximate surface area is 208 Å². The summed E-state index contributed by atoms with van der Waals surface area (Å²) < 4.78 is 5.07. The summed E-state index contributed by atoms with van der Waals surface area (Å²) in [6.07, 6.45) is 5.03. The predicted molar refractivity (Wildman–Crippen MR) is 136 cm³/mol. The molecule has 1 aromatic heterocycles. The number of hydrogen-bond acceptors (Lipinski definition) is 5. The van der Waals surface area contributed by atoms with Gasteiger partial charge in [-0.25, -0.2) is 4.79 Å². The molecule has 1 saturated carbocycles. The summed E-state index contributed by atoms with van der Waals surface area (Å²) in [5.74, 6) is 6.23. The second kappa shape index (κ2) is 10.9. The van der Waals surface area contributed by atoms with Crippen molar-refractivity contribution in [1.29, 1.82) is 0 Å². The normalized spacial score (nSPS) is 23.2. The Hall–Kier alpha value is -2.33. The topological polar surface area (TPSA) is 66.9 Å². The van der Waals surface area contributed by atoms with Gasteiger partial charge in [-0.2, -0.15) is 0 Å². The molecule has 0 spiro atoms. The molecule has 1 aromatic rings. The minimum atomic E-state index is -0.609. The van der Waals surface area contributed by atoms with Crippen LogP contribution in [0.4, 0.5) is 5.69 Å². The van der Waals surface area contributed by atoms with Crippen molar-refractivity contribution < 1.29 is 19.1 Å². The quantitative estimate of drug-likeness (QED) is 0.429. The molecule has 0 radical (unpaired) electrons. The first-order chi connectivity index (χ1) is 16.1. The number of piperidine rings is 1. The van der Waals surface area contributed by atoms with E-state index in [1.807, 2.05) is 32.6 Å². The Kier molecular flexibility index (Phi) is 8.46. The molecule has 6 nitrogen and oxygen atoms in total. The van der Waals surface area contributed by atoms with Crippen LogP contribution < -0.4 is 4.90 Å². The average Bonchev–Trinajstić information content (AvgIpc) is 3.22. The molecule has 186 valence electrons. The molecule has 7 heteroatoms. The molecular formula is C27H38N2O4S. The summed E-state index contributed by atoms with van der Waals surface area (Å²) in [7, 11) is 1.34. The number of likely N-dealkylation sites (tertiary alicyclic amines) is 1. The number of ether oxygens (including phenoxy) is 1. The Morgan fingerprint density at radius 3 is 2.47 bits per heavy atom. The fourth-order valence-electron chi connectivity index (χ4n) is 4.73. The lowest BCUT2D eigenvalue weighted by molar-refractivity contribution is -0.137. The van der Waals surface area contributed by atoms with Gasteiger partial charge >= 0.3 is 5.97 Å². The van der Waals surface area contributed by atoms with Crippen molar-refractivity contribution in [3.63, 3.8) is 0 Å². The zero-order chi connectivity index (χ0) is 25.0. The van der Waals surface area contributed by atoms with Crippen LogP contribution >= 0.6 is 11.3 Å². The number of amides is 2. The highest BCUT2D eigenvalue weighted by Gasteiger charge is 2.41. The fraction of sp³-hybridized carbons (Fsp3) is 0.667. The molecule has 1 atom stereocenters. The van der Waals surface area contributed by atoms with E-state index in [2.05, 4.69) is 18.8 Å². The van der Waals surface area contributed by atoms with Crippen LogP contribution in [0.2, 0.25) is 0 Å². The van der Waals surface area contributed by atoms with Gasteiger partial charge in [0.15, 0.2) is 0 Å². The van der Waals surface area contributed by atoms with Gasteiger partial charge in [0, 0.05) is 24.4 Å². The van der Waals surface area contributed by atoms with E-state index in [-0.39, 0.29) is 23.1 Å². The Morgan fingerprint density at radius 2 is 1.88 bits per heavy atom. The highest BCUT2D eigenvalue weighted by atomic mass is 32.1. The van der Waals surface area contributed by atoms with Gasteiger partial charge in [0.05, 0.1) is 17.7 Å².